The maximum atomic E-state index is 13.7. The number of amides is 3. The van der Waals surface area contributed by atoms with Crippen LogP contribution in [0, 0.1) is 34.0 Å². The summed E-state index contributed by atoms with van der Waals surface area (Å²) < 4.78 is 39.1. The first kappa shape index (κ1) is 27.3. The highest BCUT2D eigenvalue weighted by Crippen LogP contribution is 2.65. The summed E-state index contributed by atoms with van der Waals surface area (Å²) in [7, 11) is 0. The second-order valence-corrected chi connectivity index (χ2v) is 11.6. The van der Waals surface area contributed by atoms with E-state index in [1.807, 2.05) is 19.2 Å². The molecule has 0 spiro atoms. The molecule has 4 rings (SSSR count). The van der Waals surface area contributed by atoms with Gasteiger partial charge in [-0.15, -0.1) is 0 Å². The van der Waals surface area contributed by atoms with Crippen LogP contribution in [-0.4, -0.2) is 57.4 Å². The Morgan fingerprint density at radius 1 is 1.13 bits per heavy atom. The van der Waals surface area contributed by atoms with Gasteiger partial charge in [0.1, 0.15) is 18.1 Å². The van der Waals surface area contributed by atoms with Crippen LogP contribution < -0.4 is 10.6 Å². The molecule has 5 atom stereocenters. The molecule has 1 aliphatic heterocycles. The number of nitrogens with one attached hydrogen (secondary N) is 2. The SMILES string of the molecule is CC(C)(C)[C@H](NC(=O)C(F)(F)F)C(=O)N1C[C@H]2[C@@H]([C@H]1C(=O)N[C@H](C#N)c1cncc3ccncc13)C2(C)C. The number of alkyl halides is 3. The fourth-order valence-corrected chi connectivity index (χ4v) is 5.50. The van der Waals surface area contributed by atoms with E-state index >= 15 is 0 Å². The van der Waals surface area contributed by atoms with E-state index in [1.54, 1.807) is 24.7 Å². The molecule has 1 aliphatic carbocycles. The van der Waals surface area contributed by atoms with Crippen LogP contribution in [0.2, 0.25) is 0 Å². The highest BCUT2D eigenvalue weighted by atomic mass is 19.4. The Labute approximate surface area is 217 Å². The fourth-order valence-electron chi connectivity index (χ4n) is 5.50. The Hall–Kier alpha value is -3.75. The Bertz CT molecular complexity index is 1320. The lowest BCUT2D eigenvalue weighted by Gasteiger charge is -2.37. The molecule has 3 amide bonds. The largest absolute Gasteiger partial charge is 0.471 e. The topological polar surface area (TPSA) is 128 Å². The number of pyridine rings is 2. The zero-order valence-corrected chi connectivity index (χ0v) is 21.6. The molecular weight excluding hydrogens is 501 g/mol. The van der Waals surface area contributed by atoms with Gasteiger partial charge in [-0.05, 0) is 28.7 Å². The van der Waals surface area contributed by atoms with Crippen molar-refractivity contribution in [2.24, 2.45) is 22.7 Å². The molecule has 0 bridgehead atoms. The van der Waals surface area contributed by atoms with Crippen molar-refractivity contribution in [3.8, 4) is 6.07 Å². The third-order valence-corrected chi connectivity index (χ3v) is 7.73. The van der Waals surface area contributed by atoms with Crippen LogP contribution in [0.15, 0.2) is 30.9 Å². The van der Waals surface area contributed by atoms with Crippen molar-refractivity contribution < 1.29 is 27.6 Å². The van der Waals surface area contributed by atoms with Crippen molar-refractivity contribution >= 4 is 28.5 Å². The van der Waals surface area contributed by atoms with E-state index in [0.29, 0.717) is 10.9 Å². The van der Waals surface area contributed by atoms with Crippen LogP contribution in [0.25, 0.3) is 10.8 Å². The van der Waals surface area contributed by atoms with Gasteiger partial charge in [0.25, 0.3) is 0 Å². The van der Waals surface area contributed by atoms with Crippen molar-refractivity contribution in [2.45, 2.75) is 58.9 Å². The first-order chi connectivity index (χ1) is 17.6. The predicted octanol–water partition coefficient (Wildman–Crippen LogP) is 2.89. The summed E-state index contributed by atoms with van der Waals surface area (Å²) in [6, 6.07) is 0.134. The van der Waals surface area contributed by atoms with E-state index < -0.39 is 47.4 Å². The van der Waals surface area contributed by atoms with E-state index in [-0.39, 0.29) is 23.8 Å². The number of nitriles is 1. The van der Waals surface area contributed by atoms with Crippen LogP contribution >= 0.6 is 0 Å². The molecule has 1 saturated heterocycles. The highest BCUT2D eigenvalue weighted by molar-refractivity contribution is 5.95. The highest BCUT2D eigenvalue weighted by Gasteiger charge is 2.70. The molecule has 2 aliphatic rings. The summed E-state index contributed by atoms with van der Waals surface area (Å²) in [6.07, 6.45) is 1.03. The number of halogens is 3. The fraction of sp³-hybridized carbons (Fsp3) is 0.538. The lowest BCUT2D eigenvalue weighted by Crippen LogP contribution is -2.60. The number of carbonyl (C=O) groups is 3. The number of aromatic nitrogens is 2. The molecule has 12 heteroatoms. The molecule has 2 aromatic heterocycles. The van der Waals surface area contributed by atoms with Crippen molar-refractivity contribution in [3.63, 3.8) is 0 Å². The number of nitrogens with zero attached hydrogens (tertiary/aromatic N) is 4. The number of rotatable bonds is 5. The molecule has 9 nitrogen and oxygen atoms in total. The third kappa shape index (κ3) is 4.77. The molecule has 1 saturated carbocycles. The minimum absolute atomic E-state index is 0.0508. The van der Waals surface area contributed by atoms with E-state index in [0.717, 1.165) is 5.39 Å². The number of carbonyl (C=O) groups excluding carboxylic acids is 3. The maximum Gasteiger partial charge on any atom is 0.471 e. The average Bonchev–Trinajstić information content (AvgIpc) is 3.16. The average molecular weight is 531 g/mol. The molecule has 2 fully saturated rings. The van der Waals surface area contributed by atoms with Gasteiger partial charge in [-0.25, -0.2) is 0 Å². The molecule has 38 heavy (non-hydrogen) atoms. The van der Waals surface area contributed by atoms with Crippen LogP contribution in [0.5, 0.6) is 0 Å². The summed E-state index contributed by atoms with van der Waals surface area (Å²) in [5.41, 5.74) is -0.921. The van der Waals surface area contributed by atoms with Gasteiger partial charge in [0.2, 0.25) is 11.8 Å². The maximum absolute atomic E-state index is 13.7. The van der Waals surface area contributed by atoms with E-state index in [2.05, 4.69) is 21.4 Å². The molecular formula is C26H29F3N6O3. The van der Waals surface area contributed by atoms with Gasteiger partial charge in [-0.3, -0.25) is 24.4 Å². The van der Waals surface area contributed by atoms with Gasteiger partial charge < -0.3 is 15.5 Å². The molecule has 2 aromatic rings. The van der Waals surface area contributed by atoms with Gasteiger partial charge in [-0.2, -0.15) is 18.4 Å². The number of piperidine rings is 1. The van der Waals surface area contributed by atoms with Crippen molar-refractivity contribution in [2.75, 3.05) is 6.54 Å². The molecule has 3 heterocycles. The molecule has 0 aromatic carbocycles. The summed E-state index contributed by atoms with van der Waals surface area (Å²) in [4.78, 5) is 48.5. The molecule has 202 valence electrons. The molecule has 0 radical (unpaired) electrons. The van der Waals surface area contributed by atoms with Crippen LogP contribution in [0.1, 0.15) is 46.2 Å². The Balaban J connectivity index is 1.63. The Morgan fingerprint density at radius 2 is 1.82 bits per heavy atom. The lowest BCUT2D eigenvalue weighted by molar-refractivity contribution is -0.176. The van der Waals surface area contributed by atoms with Gasteiger partial charge in [0.05, 0.1) is 6.07 Å². The molecule has 0 unspecified atom stereocenters. The number of hydrogen-bond donors (Lipinski definition) is 2. The van der Waals surface area contributed by atoms with Crippen molar-refractivity contribution in [1.82, 2.24) is 25.5 Å². The third-order valence-electron chi connectivity index (χ3n) is 7.73. The van der Waals surface area contributed by atoms with Crippen molar-refractivity contribution in [3.05, 3.63) is 36.4 Å². The lowest BCUT2D eigenvalue weighted by atomic mass is 9.85. The van der Waals surface area contributed by atoms with Crippen LogP contribution in [-0.2, 0) is 14.4 Å². The van der Waals surface area contributed by atoms with Crippen LogP contribution in [0.3, 0.4) is 0 Å². The van der Waals surface area contributed by atoms with E-state index in [9.17, 15) is 32.8 Å². The Morgan fingerprint density at radius 3 is 2.42 bits per heavy atom. The quantitative estimate of drug-likeness (QED) is 0.612. The van der Waals surface area contributed by atoms with Gasteiger partial charge in [-0.1, -0.05) is 34.6 Å². The zero-order chi connectivity index (χ0) is 28.2. The summed E-state index contributed by atoms with van der Waals surface area (Å²) in [6.45, 7) is 8.68. The first-order valence-corrected chi connectivity index (χ1v) is 12.1. The van der Waals surface area contributed by atoms with Crippen LogP contribution in [0.4, 0.5) is 13.2 Å². The monoisotopic (exact) mass is 530 g/mol. The Kier molecular flexibility index (Phi) is 6.62. The van der Waals surface area contributed by atoms with Gasteiger partial charge in [0, 0.05) is 47.7 Å². The normalized spacial score (nSPS) is 23.7. The smallest absolute Gasteiger partial charge is 0.336 e. The summed E-state index contributed by atoms with van der Waals surface area (Å²) in [5, 5.41) is 15.8. The van der Waals surface area contributed by atoms with Gasteiger partial charge in [0.15, 0.2) is 0 Å². The first-order valence-electron chi connectivity index (χ1n) is 12.1. The van der Waals surface area contributed by atoms with Gasteiger partial charge >= 0.3 is 12.1 Å². The minimum atomic E-state index is -5.17. The second kappa shape index (κ2) is 9.22. The number of likely N-dealkylation sites (tertiary alicyclic amines) is 1. The second-order valence-electron chi connectivity index (χ2n) is 11.6. The minimum Gasteiger partial charge on any atom is -0.336 e. The molecule has 2 N–H and O–H groups in total. The predicted molar refractivity (Wildman–Crippen MR) is 130 cm³/mol. The zero-order valence-electron chi connectivity index (χ0n) is 21.6. The summed E-state index contributed by atoms with van der Waals surface area (Å²) >= 11 is 0. The van der Waals surface area contributed by atoms with Crippen molar-refractivity contribution in [1.29, 1.82) is 5.26 Å². The number of hydrogen-bond acceptors (Lipinski definition) is 6. The summed E-state index contributed by atoms with van der Waals surface area (Å²) in [5.74, 6) is -3.90. The van der Waals surface area contributed by atoms with E-state index in [4.69, 9.17) is 0 Å². The van der Waals surface area contributed by atoms with E-state index in [1.165, 1.54) is 31.9 Å². The number of fused-ring (bicyclic) bond motifs is 2. The standard InChI is InChI=1S/C26H29F3N6O3/c1-24(2,3)20(34-23(38)26(27,28)29)22(37)35-12-16-18(25(16,4)5)19(35)21(36)33-17(8-30)15-11-32-9-13-6-7-31-10-14(13)15/h6-7,9-11,16-20H,12H2,1-5H3,(H,33,36)(H,34,38)/t16-,17+,18-,19-,20+/m0/s1.